The second kappa shape index (κ2) is 8.31. The van der Waals surface area contributed by atoms with Gasteiger partial charge in [0.15, 0.2) is 5.82 Å². The van der Waals surface area contributed by atoms with Gasteiger partial charge in [-0.15, -0.1) is 10.2 Å². The van der Waals surface area contributed by atoms with E-state index >= 15 is 0 Å². The van der Waals surface area contributed by atoms with Crippen LogP contribution in [0, 0.1) is 0 Å². The summed E-state index contributed by atoms with van der Waals surface area (Å²) < 4.78 is 1.97. The van der Waals surface area contributed by atoms with Gasteiger partial charge in [-0.05, 0) is 28.8 Å². The predicted molar refractivity (Wildman–Crippen MR) is 119 cm³/mol. The van der Waals surface area contributed by atoms with Crippen molar-refractivity contribution in [1.29, 1.82) is 0 Å². The average Bonchev–Trinajstić information content (AvgIpc) is 3.51. The lowest BCUT2D eigenvalue weighted by Crippen LogP contribution is -2.04. The fourth-order valence-corrected chi connectivity index (χ4v) is 3.66. The maximum absolute atomic E-state index is 4.80. The van der Waals surface area contributed by atoms with E-state index < -0.39 is 0 Å². The van der Waals surface area contributed by atoms with Crippen molar-refractivity contribution in [3.8, 4) is 33.9 Å². The number of aromatic amines is 1. The molecule has 5 aromatic rings. The molecule has 0 radical (unpaired) electrons. The first-order valence-electron chi connectivity index (χ1n) is 10.2. The Morgan fingerprint density at radius 2 is 1.52 bits per heavy atom. The lowest BCUT2D eigenvalue weighted by Gasteiger charge is -2.08. The molecular weight excluding hydrogens is 386 g/mol. The molecule has 0 saturated heterocycles. The highest BCUT2D eigenvalue weighted by atomic mass is 15.5. The van der Waals surface area contributed by atoms with Crippen LogP contribution in [0.1, 0.15) is 18.3 Å². The maximum atomic E-state index is 4.80. The maximum Gasteiger partial charge on any atom is 0.205 e. The summed E-state index contributed by atoms with van der Waals surface area (Å²) in [6.45, 7) is 2.87. The minimum absolute atomic E-state index is 0.587. The summed E-state index contributed by atoms with van der Waals surface area (Å²) >= 11 is 0. The summed E-state index contributed by atoms with van der Waals surface area (Å²) in [4.78, 5) is 4.80. The van der Waals surface area contributed by atoms with Crippen LogP contribution in [0.2, 0.25) is 0 Å². The largest absolute Gasteiger partial charge is 0.249 e. The van der Waals surface area contributed by atoms with Crippen molar-refractivity contribution >= 4 is 0 Å². The highest BCUT2D eigenvalue weighted by molar-refractivity contribution is 5.80. The van der Waals surface area contributed by atoms with Gasteiger partial charge in [0.2, 0.25) is 5.82 Å². The minimum Gasteiger partial charge on any atom is -0.249 e. The van der Waals surface area contributed by atoms with Crippen LogP contribution < -0.4 is 0 Å². The first kappa shape index (κ1) is 18.9. The molecule has 0 unspecified atom stereocenters. The van der Waals surface area contributed by atoms with Crippen molar-refractivity contribution in [2.75, 3.05) is 0 Å². The SMILES string of the molecule is CCn1nc(-c2ccccc2)nc1Cc1ccc(-c2ccccc2-c2nn[nH]n2)cc1. The minimum atomic E-state index is 0.587. The Morgan fingerprint density at radius 1 is 0.774 bits per heavy atom. The van der Waals surface area contributed by atoms with Crippen LogP contribution in [0.5, 0.6) is 0 Å². The fraction of sp³-hybridized carbons (Fsp3) is 0.125. The first-order valence-corrected chi connectivity index (χ1v) is 10.2. The van der Waals surface area contributed by atoms with E-state index in [-0.39, 0.29) is 0 Å². The van der Waals surface area contributed by atoms with Gasteiger partial charge in [0.05, 0.1) is 0 Å². The monoisotopic (exact) mass is 407 g/mol. The van der Waals surface area contributed by atoms with E-state index in [0.29, 0.717) is 5.82 Å². The molecule has 31 heavy (non-hydrogen) atoms. The van der Waals surface area contributed by atoms with E-state index in [1.54, 1.807) is 0 Å². The lowest BCUT2D eigenvalue weighted by molar-refractivity contribution is 0.625. The Balaban J connectivity index is 1.42. The van der Waals surface area contributed by atoms with Crippen LogP contribution in [0.4, 0.5) is 0 Å². The molecule has 152 valence electrons. The number of rotatable bonds is 6. The molecule has 0 aliphatic carbocycles. The van der Waals surface area contributed by atoms with Crippen LogP contribution in [-0.4, -0.2) is 35.4 Å². The second-order valence-corrected chi connectivity index (χ2v) is 7.19. The van der Waals surface area contributed by atoms with Crippen molar-refractivity contribution in [2.45, 2.75) is 19.9 Å². The molecule has 0 aliphatic heterocycles. The van der Waals surface area contributed by atoms with Crippen LogP contribution in [0.15, 0.2) is 78.9 Å². The van der Waals surface area contributed by atoms with Crippen molar-refractivity contribution in [3.05, 3.63) is 90.3 Å². The van der Waals surface area contributed by atoms with Crippen LogP contribution >= 0.6 is 0 Å². The van der Waals surface area contributed by atoms with Gasteiger partial charge in [-0.25, -0.2) is 9.67 Å². The Bertz CT molecular complexity index is 1270. The second-order valence-electron chi connectivity index (χ2n) is 7.19. The zero-order valence-corrected chi connectivity index (χ0v) is 17.1. The van der Waals surface area contributed by atoms with Gasteiger partial charge in [-0.2, -0.15) is 10.3 Å². The van der Waals surface area contributed by atoms with Gasteiger partial charge in [0, 0.05) is 24.1 Å². The Morgan fingerprint density at radius 3 is 2.23 bits per heavy atom. The number of tetrazole rings is 1. The number of H-pyrrole nitrogens is 1. The number of aromatic nitrogens is 7. The highest BCUT2D eigenvalue weighted by Crippen LogP contribution is 2.30. The molecular formula is C24H21N7. The first-order chi connectivity index (χ1) is 15.3. The third-order valence-corrected chi connectivity index (χ3v) is 5.22. The molecule has 7 heteroatoms. The molecule has 0 aliphatic rings. The average molecular weight is 407 g/mol. The zero-order valence-electron chi connectivity index (χ0n) is 17.1. The smallest absolute Gasteiger partial charge is 0.205 e. The molecule has 0 spiro atoms. The molecule has 2 heterocycles. The Hall–Kier alpha value is -4.13. The molecule has 5 rings (SSSR count). The van der Waals surface area contributed by atoms with Gasteiger partial charge in [-0.1, -0.05) is 78.9 Å². The molecule has 0 saturated carbocycles. The summed E-state index contributed by atoms with van der Waals surface area (Å²) in [7, 11) is 0. The van der Waals surface area contributed by atoms with E-state index in [9.17, 15) is 0 Å². The van der Waals surface area contributed by atoms with E-state index in [2.05, 4.69) is 63.0 Å². The number of hydrogen-bond acceptors (Lipinski definition) is 5. The van der Waals surface area contributed by atoms with E-state index in [4.69, 9.17) is 4.98 Å². The summed E-state index contributed by atoms with van der Waals surface area (Å²) in [6, 6.07) is 26.7. The Kier molecular flexibility index (Phi) is 5.06. The van der Waals surface area contributed by atoms with E-state index in [0.717, 1.165) is 46.9 Å². The van der Waals surface area contributed by atoms with Crippen LogP contribution in [0.3, 0.4) is 0 Å². The molecule has 1 N–H and O–H groups in total. The molecule has 3 aromatic carbocycles. The van der Waals surface area contributed by atoms with Crippen molar-refractivity contribution in [2.24, 2.45) is 0 Å². The summed E-state index contributed by atoms with van der Waals surface area (Å²) in [5.74, 6) is 2.31. The Labute approximate surface area is 179 Å². The predicted octanol–water partition coefficient (Wildman–Crippen LogP) is 4.40. The number of nitrogens with zero attached hydrogens (tertiary/aromatic N) is 6. The standard InChI is InChI=1S/C24H21N7/c1-2-31-22(25-23(28-31)19-8-4-3-5-9-19)16-17-12-14-18(15-13-17)20-10-6-7-11-21(20)24-26-29-30-27-24/h3-15H,2,16H2,1H3,(H,26,27,29,30). The summed E-state index contributed by atoms with van der Waals surface area (Å²) in [5, 5.41) is 19.1. The van der Waals surface area contributed by atoms with Crippen molar-refractivity contribution in [3.63, 3.8) is 0 Å². The van der Waals surface area contributed by atoms with Gasteiger partial charge >= 0.3 is 0 Å². The van der Waals surface area contributed by atoms with E-state index in [1.165, 1.54) is 5.56 Å². The molecule has 0 amide bonds. The third-order valence-electron chi connectivity index (χ3n) is 5.22. The quantitative estimate of drug-likeness (QED) is 0.451. The van der Waals surface area contributed by atoms with Crippen LogP contribution in [-0.2, 0) is 13.0 Å². The van der Waals surface area contributed by atoms with Gasteiger partial charge in [-0.3, -0.25) is 0 Å². The van der Waals surface area contributed by atoms with Gasteiger partial charge < -0.3 is 0 Å². The number of hydrogen-bond donors (Lipinski definition) is 1. The molecule has 0 bridgehead atoms. The van der Waals surface area contributed by atoms with Gasteiger partial charge in [0.1, 0.15) is 5.82 Å². The highest BCUT2D eigenvalue weighted by Gasteiger charge is 2.13. The number of benzene rings is 3. The molecule has 7 nitrogen and oxygen atoms in total. The zero-order chi connectivity index (χ0) is 21.0. The number of aryl methyl sites for hydroxylation is 1. The molecule has 0 fully saturated rings. The third kappa shape index (κ3) is 3.85. The van der Waals surface area contributed by atoms with Crippen molar-refractivity contribution in [1.82, 2.24) is 35.4 Å². The molecule has 0 atom stereocenters. The van der Waals surface area contributed by atoms with E-state index in [1.807, 2.05) is 53.2 Å². The topological polar surface area (TPSA) is 85.2 Å². The van der Waals surface area contributed by atoms with Crippen molar-refractivity contribution < 1.29 is 0 Å². The summed E-state index contributed by atoms with van der Waals surface area (Å²) in [5.41, 5.74) is 5.33. The fourth-order valence-electron chi connectivity index (χ4n) is 3.66. The number of nitrogens with one attached hydrogen (secondary N) is 1. The van der Waals surface area contributed by atoms with Crippen LogP contribution in [0.25, 0.3) is 33.9 Å². The normalized spacial score (nSPS) is 11.0. The molecule has 2 aromatic heterocycles. The lowest BCUT2D eigenvalue weighted by atomic mass is 9.98. The summed E-state index contributed by atoms with van der Waals surface area (Å²) in [6.07, 6.45) is 0.723. The van der Waals surface area contributed by atoms with Gasteiger partial charge in [0.25, 0.3) is 0 Å².